The molecule has 6 heteroatoms. The fraction of sp³-hybridized carbons (Fsp3) is 0.538. The third-order valence-electron chi connectivity index (χ3n) is 2.08. The molecule has 0 spiro atoms. The Morgan fingerprint density at radius 3 is 2.79 bits per heavy atom. The van der Waals surface area contributed by atoms with Crippen LogP contribution in [0.5, 0.6) is 0 Å². The lowest BCUT2D eigenvalue weighted by Crippen LogP contribution is -2.33. The fourth-order valence-electron chi connectivity index (χ4n) is 1.34. The molecule has 0 radical (unpaired) electrons. The van der Waals surface area contributed by atoms with Crippen LogP contribution in [-0.2, 0) is 4.74 Å². The minimum Gasteiger partial charge on any atom is -0.444 e. The minimum absolute atomic E-state index is 0.389. The van der Waals surface area contributed by atoms with Crippen LogP contribution in [0.3, 0.4) is 0 Å². The lowest BCUT2D eigenvalue weighted by molar-refractivity contribution is 0.0528. The number of carbonyl (C=O) groups excluding carboxylic acids is 1. The van der Waals surface area contributed by atoms with E-state index >= 15 is 0 Å². The molecule has 1 heterocycles. The van der Waals surface area contributed by atoms with Gasteiger partial charge in [0, 0.05) is 25.0 Å². The van der Waals surface area contributed by atoms with Crippen LogP contribution in [0.2, 0.25) is 5.15 Å². The average molecular weight is 286 g/mol. The molecule has 0 aliphatic carbocycles. The molecule has 1 aromatic rings. The Labute approximate surface area is 118 Å². The largest absolute Gasteiger partial charge is 0.444 e. The second-order valence-electron chi connectivity index (χ2n) is 5.08. The topological polar surface area (TPSA) is 63.2 Å². The van der Waals surface area contributed by atoms with Gasteiger partial charge in [0.05, 0.1) is 0 Å². The number of carbonyl (C=O) groups is 1. The van der Waals surface area contributed by atoms with Crippen molar-refractivity contribution in [3.05, 3.63) is 23.5 Å². The summed E-state index contributed by atoms with van der Waals surface area (Å²) in [5.74, 6) is 0. The maximum Gasteiger partial charge on any atom is 0.407 e. The molecule has 2 N–H and O–H groups in total. The van der Waals surface area contributed by atoms with Gasteiger partial charge in [-0.05, 0) is 39.3 Å². The quantitative estimate of drug-likeness (QED) is 0.645. The molecule has 0 bridgehead atoms. The summed E-state index contributed by atoms with van der Waals surface area (Å²) in [6, 6.07) is 3.59. The Morgan fingerprint density at radius 1 is 1.42 bits per heavy atom. The van der Waals surface area contributed by atoms with E-state index in [1.807, 2.05) is 26.8 Å². The van der Waals surface area contributed by atoms with Crippen LogP contribution >= 0.6 is 11.6 Å². The van der Waals surface area contributed by atoms with Gasteiger partial charge < -0.3 is 15.4 Å². The summed E-state index contributed by atoms with van der Waals surface area (Å²) in [7, 11) is 0. The molecular weight excluding hydrogens is 266 g/mol. The third-order valence-corrected chi connectivity index (χ3v) is 2.28. The van der Waals surface area contributed by atoms with E-state index in [4.69, 9.17) is 16.3 Å². The molecule has 0 fully saturated rings. The maximum atomic E-state index is 11.4. The van der Waals surface area contributed by atoms with Crippen molar-refractivity contribution in [3.63, 3.8) is 0 Å². The lowest BCUT2D eigenvalue weighted by Gasteiger charge is -2.19. The average Bonchev–Trinajstić information content (AvgIpc) is 2.26. The highest BCUT2D eigenvalue weighted by atomic mass is 35.5. The normalized spacial score (nSPS) is 10.9. The summed E-state index contributed by atoms with van der Waals surface area (Å²) in [4.78, 5) is 15.3. The summed E-state index contributed by atoms with van der Waals surface area (Å²) < 4.78 is 5.12. The molecule has 1 amide bonds. The van der Waals surface area contributed by atoms with Gasteiger partial charge in [0.25, 0.3) is 0 Å². The van der Waals surface area contributed by atoms with Crippen LogP contribution in [-0.4, -0.2) is 29.8 Å². The number of nitrogens with zero attached hydrogens (tertiary/aromatic N) is 1. The molecule has 0 aliphatic rings. The monoisotopic (exact) mass is 285 g/mol. The van der Waals surface area contributed by atoms with Crippen LogP contribution in [0.4, 0.5) is 10.5 Å². The van der Waals surface area contributed by atoms with E-state index in [1.54, 1.807) is 12.3 Å². The Morgan fingerprint density at radius 2 is 2.16 bits per heavy atom. The van der Waals surface area contributed by atoms with Crippen molar-refractivity contribution in [2.75, 3.05) is 18.4 Å². The number of hydrogen-bond donors (Lipinski definition) is 2. The SMILES string of the molecule is CC(C)(C)OC(=O)NCCCNc1ccnc(Cl)c1. The fourth-order valence-corrected chi connectivity index (χ4v) is 1.51. The van der Waals surface area contributed by atoms with Gasteiger partial charge >= 0.3 is 6.09 Å². The molecule has 0 saturated carbocycles. The summed E-state index contributed by atoms with van der Waals surface area (Å²) >= 11 is 5.76. The van der Waals surface area contributed by atoms with Crippen molar-refractivity contribution in [2.45, 2.75) is 32.8 Å². The van der Waals surface area contributed by atoms with Crippen LogP contribution < -0.4 is 10.6 Å². The van der Waals surface area contributed by atoms with Crippen LogP contribution in [0.1, 0.15) is 27.2 Å². The molecule has 19 heavy (non-hydrogen) atoms. The Balaban J connectivity index is 2.13. The molecule has 1 aromatic heterocycles. The number of amides is 1. The standard InChI is InChI=1S/C13H20ClN3O2/c1-13(2,3)19-12(18)17-7-4-6-15-10-5-8-16-11(14)9-10/h5,8-9H,4,6-7H2,1-3H3,(H,15,16)(H,17,18). The van der Waals surface area contributed by atoms with E-state index in [-0.39, 0.29) is 6.09 Å². The first-order valence-electron chi connectivity index (χ1n) is 6.19. The van der Waals surface area contributed by atoms with Crippen molar-refractivity contribution in [1.29, 1.82) is 0 Å². The molecule has 0 aromatic carbocycles. The van der Waals surface area contributed by atoms with Crippen molar-refractivity contribution in [2.24, 2.45) is 0 Å². The van der Waals surface area contributed by atoms with E-state index < -0.39 is 5.60 Å². The van der Waals surface area contributed by atoms with Crippen molar-refractivity contribution >= 4 is 23.4 Å². The van der Waals surface area contributed by atoms with Gasteiger partial charge in [-0.2, -0.15) is 0 Å². The molecule has 0 unspecified atom stereocenters. The number of rotatable bonds is 5. The molecule has 0 aliphatic heterocycles. The predicted octanol–water partition coefficient (Wildman–Crippen LogP) is 3.06. The first kappa shape index (κ1) is 15.6. The Bertz CT molecular complexity index is 419. The van der Waals surface area contributed by atoms with E-state index in [0.717, 1.165) is 18.7 Å². The van der Waals surface area contributed by atoms with Crippen LogP contribution in [0.25, 0.3) is 0 Å². The Kier molecular flexibility index (Phi) is 5.89. The number of aromatic nitrogens is 1. The predicted molar refractivity (Wildman–Crippen MR) is 76.6 cm³/mol. The van der Waals surface area contributed by atoms with Gasteiger partial charge in [-0.1, -0.05) is 11.6 Å². The van der Waals surface area contributed by atoms with E-state index in [9.17, 15) is 4.79 Å². The van der Waals surface area contributed by atoms with Gasteiger partial charge in [-0.25, -0.2) is 9.78 Å². The van der Waals surface area contributed by atoms with Gasteiger partial charge in [0.1, 0.15) is 10.8 Å². The molecule has 0 atom stereocenters. The third kappa shape index (κ3) is 7.51. The number of halogens is 1. The summed E-state index contributed by atoms with van der Waals surface area (Å²) in [6.07, 6.45) is 2.04. The second-order valence-corrected chi connectivity index (χ2v) is 5.46. The summed E-state index contributed by atoms with van der Waals surface area (Å²) in [6.45, 7) is 6.79. The smallest absolute Gasteiger partial charge is 0.407 e. The number of nitrogens with one attached hydrogen (secondary N) is 2. The first-order valence-corrected chi connectivity index (χ1v) is 6.57. The molecule has 106 valence electrons. The summed E-state index contributed by atoms with van der Waals surface area (Å²) in [5, 5.41) is 6.34. The zero-order chi connectivity index (χ0) is 14.3. The van der Waals surface area contributed by atoms with Crippen molar-refractivity contribution in [3.8, 4) is 0 Å². The molecule has 1 rings (SSSR count). The highest BCUT2D eigenvalue weighted by Gasteiger charge is 2.15. The van der Waals surface area contributed by atoms with Crippen molar-refractivity contribution < 1.29 is 9.53 Å². The van der Waals surface area contributed by atoms with Gasteiger partial charge in [0.2, 0.25) is 0 Å². The van der Waals surface area contributed by atoms with Crippen LogP contribution in [0, 0.1) is 0 Å². The first-order chi connectivity index (χ1) is 8.87. The van der Waals surface area contributed by atoms with Gasteiger partial charge in [-0.3, -0.25) is 0 Å². The number of pyridine rings is 1. The number of alkyl carbamates (subject to hydrolysis) is 1. The van der Waals surface area contributed by atoms with Crippen molar-refractivity contribution in [1.82, 2.24) is 10.3 Å². The highest BCUT2D eigenvalue weighted by Crippen LogP contribution is 2.11. The van der Waals surface area contributed by atoms with Gasteiger partial charge in [0.15, 0.2) is 0 Å². The van der Waals surface area contributed by atoms with Gasteiger partial charge in [-0.15, -0.1) is 0 Å². The summed E-state index contributed by atoms with van der Waals surface area (Å²) in [5.41, 5.74) is 0.452. The number of anilines is 1. The zero-order valence-corrected chi connectivity index (χ0v) is 12.3. The molecule has 0 saturated heterocycles. The lowest BCUT2D eigenvalue weighted by atomic mass is 10.2. The Hall–Kier alpha value is -1.49. The maximum absolute atomic E-state index is 11.4. The zero-order valence-electron chi connectivity index (χ0n) is 11.5. The number of hydrogen-bond acceptors (Lipinski definition) is 4. The highest BCUT2D eigenvalue weighted by molar-refractivity contribution is 6.29. The van der Waals surface area contributed by atoms with E-state index in [1.165, 1.54) is 0 Å². The molecular formula is C13H20ClN3O2. The second kappa shape index (κ2) is 7.19. The van der Waals surface area contributed by atoms with E-state index in [2.05, 4.69) is 15.6 Å². The minimum atomic E-state index is -0.462. The number of ether oxygens (including phenoxy) is 1. The molecule has 5 nitrogen and oxygen atoms in total. The van der Waals surface area contributed by atoms with Crippen LogP contribution in [0.15, 0.2) is 18.3 Å². The van der Waals surface area contributed by atoms with E-state index in [0.29, 0.717) is 11.7 Å².